The van der Waals surface area contributed by atoms with E-state index in [1.807, 2.05) is 6.07 Å². The normalized spacial score (nSPS) is 14.7. The van der Waals surface area contributed by atoms with E-state index < -0.39 is 0 Å². The summed E-state index contributed by atoms with van der Waals surface area (Å²) < 4.78 is 0. The van der Waals surface area contributed by atoms with Crippen LogP contribution >= 0.6 is 0 Å². The van der Waals surface area contributed by atoms with Gasteiger partial charge in [-0.1, -0.05) is 38.5 Å². The largest absolute Gasteiger partial charge is 0.392 e. The van der Waals surface area contributed by atoms with Crippen LogP contribution in [0.25, 0.3) is 0 Å². The molecule has 0 radical (unpaired) electrons. The van der Waals surface area contributed by atoms with Gasteiger partial charge in [-0.05, 0) is 76.1 Å². The molecule has 0 aromatic heterocycles. The molecular formula is C21H37NO. The van der Waals surface area contributed by atoms with Crippen LogP contribution in [0.3, 0.4) is 0 Å². The van der Waals surface area contributed by atoms with Gasteiger partial charge >= 0.3 is 0 Å². The molecule has 0 aliphatic heterocycles. The maximum Gasteiger partial charge on any atom is 0.0681 e. The molecule has 0 bridgehead atoms. The third-order valence-electron chi connectivity index (χ3n) is 5.28. The van der Waals surface area contributed by atoms with Crippen LogP contribution in [0.2, 0.25) is 0 Å². The average molecular weight is 320 g/mol. The van der Waals surface area contributed by atoms with Gasteiger partial charge in [0, 0.05) is 12.1 Å². The zero-order chi connectivity index (χ0) is 17.6. The van der Waals surface area contributed by atoms with E-state index >= 15 is 0 Å². The van der Waals surface area contributed by atoms with Gasteiger partial charge in [0.1, 0.15) is 0 Å². The maximum atomic E-state index is 9.49. The average Bonchev–Trinajstić information content (AvgIpc) is 2.51. The van der Waals surface area contributed by atoms with Crippen molar-refractivity contribution in [2.45, 2.75) is 85.9 Å². The van der Waals surface area contributed by atoms with Crippen molar-refractivity contribution in [3.05, 3.63) is 34.9 Å². The second-order valence-electron chi connectivity index (χ2n) is 7.56. The Balaban J connectivity index is 3.01. The number of aryl methyl sites for hydroxylation is 1. The lowest BCUT2D eigenvalue weighted by Crippen LogP contribution is -2.38. The summed E-state index contributed by atoms with van der Waals surface area (Å²) in [6.45, 7) is 17.3. The monoisotopic (exact) mass is 319 g/mol. The van der Waals surface area contributed by atoms with Gasteiger partial charge in [-0.2, -0.15) is 0 Å². The molecule has 1 N–H and O–H groups in total. The number of aliphatic hydroxyl groups excluding tert-OH is 1. The number of hydrogen-bond acceptors (Lipinski definition) is 2. The predicted molar refractivity (Wildman–Crippen MR) is 101 cm³/mol. The van der Waals surface area contributed by atoms with Crippen LogP contribution in [-0.4, -0.2) is 28.6 Å². The first-order chi connectivity index (χ1) is 10.8. The van der Waals surface area contributed by atoms with Gasteiger partial charge in [0.2, 0.25) is 0 Å². The molecule has 2 nitrogen and oxygen atoms in total. The second-order valence-corrected chi connectivity index (χ2v) is 7.56. The van der Waals surface area contributed by atoms with Crippen molar-refractivity contribution in [2.24, 2.45) is 5.92 Å². The van der Waals surface area contributed by atoms with Gasteiger partial charge in [0.15, 0.2) is 0 Å². The molecule has 2 atom stereocenters. The number of rotatable bonds is 9. The smallest absolute Gasteiger partial charge is 0.0681 e. The molecule has 0 aliphatic rings. The third-order valence-corrected chi connectivity index (χ3v) is 5.28. The summed E-state index contributed by atoms with van der Waals surface area (Å²) in [5, 5.41) is 9.49. The zero-order valence-corrected chi connectivity index (χ0v) is 16.3. The molecule has 0 amide bonds. The molecule has 23 heavy (non-hydrogen) atoms. The summed E-state index contributed by atoms with van der Waals surface area (Å²) >= 11 is 0. The maximum absolute atomic E-state index is 9.49. The fourth-order valence-corrected chi connectivity index (χ4v) is 3.62. The van der Waals surface area contributed by atoms with Crippen LogP contribution in [-0.2, 0) is 6.61 Å². The summed E-state index contributed by atoms with van der Waals surface area (Å²) in [5.74, 6) is 1.22. The highest BCUT2D eigenvalue weighted by Gasteiger charge is 2.22. The second kappa shape index (κ2) is 9.44. The first kappa shape index (κ1) is 20.2. The van der Waals surface area contributed by atoms with E-state index in [2.05, 4.69) is 65.5 Å². The van der Waals surface area contributed by atoms with Crippen molar-refractivity contribution in [3.63, 3.8) is 0 Å². The highest BCUT2D eigenvalue weighted by Crippen LogP contribution is 2.33. The number of aliphatic hydroxyl groups is 1. The molecule has 0 saturated carbocycles. The molecule has 2 heteroatoms. The number of nitrogens with zero attached hydrogens (tertiary/aromatic N) is 1. The Labute approximate surface area is 143 Å². The van der Waals surface area contributed by atoms with E-state index in [1.54, 1.807) is 0 Å². The first-order valence-electron chi connectivity index (χ1n) is 9.27. The molecule has 0 saturated heterocycles. The SMILES string of the molecule is CCC(C)C(CCN(C(C)C)C(C)C)c1cc(CO)ccc1C. The van der Waals surface area contributed by atoms with E-state index in [-0.39, 0.29) is 6.61 Å². The number of hydrogen-bond donors (Lipinski definition) is 1. The van der Waals surface area contributed by atoms with Gasteiger partial charge in [-0.15, -0.1) is 0 Å². The number of benzene rings is 1. The van der Waals surface area contributed by atoms with Crippen molar-refractivity contribution in [2.75, 3.05) is 6.54 Å². The minimum atomic E-state index is 0.130. The van der Waals surface area contributed by atoms with E-state index in [1.165, 1.54) is 24.0 Å². The Morgan fingerprint density at radius 1 is 1.04 bits per heavy atom. The third kappa shape index (κ3) is 5.61. The Morgan fingerprint density at radius 3 is 2.13 bits per heavy atom. The lowest BCUT2D eigenvalue weighted by Gasteiger charge is -2.34. The zero-order valence-electron chi connectivity index (χ0n) is 16.3. The molecule has 0 heterocycles. The first-order valence-corrected chi connectivity index (χ1v) is 9.27. The van der Waals surface area contributed by atoms with Crippen LogP contribution in [0.1, 0.15) is 77.0 Å². The highest BCUT2D eigenvalue weighted by molar-refractivity contribution is 5.34. The van der Waals surface area contributed by atoms with Gasteiger partial charge in [0.25, 0.3) is 0 Å². The topological polar surface area (TPSA) is 23.5 Å². The summed E-state index contributed by atoms with van der Waals surface area (Å²) in [4.78, 5) is 2.58. The van der Waals surface area contributed by atoms with E-state index in [0.717, 1.165) is 12.1 Å². The minimum Gasteiger partial charge on any atom is -0.392 e. The molecule has 0 spiro atoms. The summed E-state index contributed by atoms with van der Waals surface area (Å²) in [6.07, 6.45) is 2.37. The molecular weight excluding hydrogens is 282 g/mol. The lowest BCUT2D eigenvalue weighted by atomic mass is 9.80. The van der Waals surface area contributed by atoms with Crippen molar-refractivity contribution >= 4 is 0 Å². The summed E-state index contributed by atoms with van der Waals surface area (Å²) in [5.41, 5.74) is 3.81. The molecule has 1 aromatic carbocycles. The van der Waals surface area contributed by atoms with Crippen LogP contribution in [0.15, 0.2) is 18.2 Å². The summed E-state index contributed by atoms with van der Waals surface area (Å²) in [6, 6.07) is 7.59. The van der Waals surface area contributed by atoms with Gasteiger partial charge in [-0.25, -0.2) is 0 Å². The predicted octanol–water partition coefficient (Wildman–Crippen LogP) is 5.13. The van der Waals surface area contributed by atoms with Crippen molar-refractivity contribution in [1.82, 2.24) is 4.90 Å². The van der Waals surface area contributed by atoms with E-state index in [0.29, 0.717) is 23.9 Å². The Hall–Kier alpha value is -0.860. The molecule has 1 aromatic rings. The lowest BCUT2D eigenvalue weighted by molar-refractivity contribution is 0.163. The molecule has 0 fully saturated rings. The standard InChI is InChI=1S/C21H37NO/c1-8-17(6)20(11-12-22(15(2)3)16(4)5)21-13-19(14-23)10-9-18(21)7/h9-10,13,15-17,20,23H,8,11-12,14H2,1-7H3. The minimum absolute atomic E-state index is 0.130. The van der Waals surface area contributed by atoms with Gasteiger partial charge in [0.05, 0.1) is 6.61 Å². The van der Waals surface area contributed by atoms with Gasteiger partial charge < -0.3 is 5.11 Å². The highest BCUT2D eigenvalue weighted by atomic mass is 16.3. The fourth-order valence-electron chi connectivity index (χ4n) is 3.62. The quantitative estimate of drug-likeness (QED) is 0.682. The molecule has 132 valence electrons. The molecule has 0 aliphatic carbocycles. The van der Waals surface area contributed by atoms with Crippen LogP contribution in [0, 0.1) is 12.8 Å². The molecule has 1 rings (SSSR count). The van der Waals surface area contributed by atoms with E-state index in [9.17, 15) is 5.11 Å². The van der Waals surface area contributed by atoms with Crippen LogP contribution < -0.4 is 0 Å². The fraction of sp³-hybridized carbons (Fsp3) is 0.714. The summed E-state index contributed by atoms with van der Waals surface area (Å²) in [7, 11) is 0. The Morgan fingerprint density at radius 2 is 1.65 bits per heavy atom. The van der Waals surface area contributed by atoms with Crippen molar-refractivity contribution < 1.29 is 5.11 Å². The van der Waals surface area contributed by atoms with Crippen molar-refractivity contribution in [3.8, 4) is 0 Å². The van der Waals surface area contributed by atoms with Crippen LogP contribution in [0.4, 0.5) is 0 Å². The Bertz CT molecular complexity index is 459. The Kier molecular flexibility index (Phi) is 8.28. The van der Waals surface area contributed by atoms with Gasteiger partial charge in [-0.3, -0.25) is 4.90 Å². The molecule has 2 unspecified atom stereocenters. The van der Waals surface area contributed by atoms with E-state index in [4.69, 9.17) is 0 Å². The van der Waals surface area contributed by atoms with Crippen molar-refractivity contribution in [1.29, 1.82) is 0 Å². The van der Waals surface area contributed by atoms with Crippen LogP contribution in [0.5, 0.6) is 0 Å².